The molecule has 0 aliphatic carbocycles. The summed E-state index contributed by atoms with van der Waals surface area (Å²) in [5.41, 5.74) is -0.649. The van der Waals surface area contributed by atoms with Crippen LogP contribution in [0.15, 0.2) is 63.1 Å². The number of ether oxygens (including phenoxy) is 2. The summed E-state index contributed by atoms with van der Waals surface area (Å²) in [5.74, 6) is 0.0668. The van der Waals surface area contributed by atoms with Gasteiger partial charge in [-0.05, 0) is 36.4 Å². The van der Waals surface area contributed by atoms with E-state index in [1.807, 2.05) is 0 Å². The van der Waals surface area contributed by atoms with Gasteiger partial charge in [0.1, 0.15) is 22.1 Å². The lowest BCUT2D eigenvalue weighted by molar-refractivity contribution is -0.113. The molecule has 1 amide bonds. The Morgan fingerprint density at radius 1 is 1.03 bits per heavy atom. The van der Waals surface area contributed by atoms with Crippen molar-refractivity contribution < 1.29 is 19.4 Å². The molecule has 0 fully saturated rings. The molecule has 178 valence electrons. The Kier molecular flexibility index (Phi) is 7.79. The second-order valence-electron chi connectivity index (χ2n) is 7.06. The largest absolute Gasteiger partial charge is 0.497 e. The van der Waals surface area contributed by atoms with Gasteiger partial charge in [-0.25, -0.2) is 9.79 Å². The van der Waals surface area contributed by atoms with Gasteiger partial charge < -0.3 is 19.9 Å². The first kappa shape index (κ1) is 24.6. The summed E-state index contributed by atoms with van der Waals surface area (Å²) >= 11 is 0.949. The van der Waals surface area contributed by atoms with E-state index in [2.05, 4.69) is 10.3 Å². The first-order valence-electron chi connectivity index (χ1n) is 10.0. The molecular formula is C23H24N4O6S. The summed E-state index contributed by atoms with van der Waals surface area (Å²) in [6.45, 7) is 0. The van der Waals surface area contributed by atoms with E-state index >= 15 is 0 Å². The van der Waals surface area contributed by atoms with Gasteiger partial charge in [0.25, 0.3) is 5.56 Å². The van der Waals surface area contributed by atoms with Crippen LogP contribution in [0.1, 0.15) is 5.56 Å². The highest BCUT2D eigenvalue weighted by Gasteiger charge is 2.22. The molecule has 0 saturated heterocycles. The number of methoxy groups -OCH3 is 2. The second kappa shape index (κ2) is 10.8. The fourth-order valence-corrected chi connectivity index (χ4v) is 3.86. The van der Waals surface area contributed by atoms with E-state index in [-0.39, 0.29) is 22.3 Å². The first-order chi connectivity index (χ1) is 16.3. The molecular weight excluding hydrogens is 460 g/mol. The third-order valence-electron chi connectivity index (χ3n) is 4.87. The zero-order chi connectivity index (χ0) is 24.8. The number of nitrogens with one attached hydrogen (secondary N) is 1. The molecule has 1 heterocycles. The molecule has 2 N–H and O–H groups in total. The van der Waals surface area contributed by atoms with Gasteiger partial charge in [0.05, 0.1) is 31.3 Å². The zero-order valence-corrected chi connectivity index (χ0v) is 19.9. The average molecular weight is 485 g/mol. The second-order valence-corrected chi connectivity index (χ2v) is 8.02. The molecule has 0 radical (unpaired) electrons. The molecule has 34 heavy (non-hydrogen) atoms. The van der Waals surface area contributed by atoms with Crippen LogP contribution < -0.4 is 26.0 Å². The lowest BCUT2D eigenvalue weighted by atomic mass is 10.3. The summed E-state index contributed by atoms with van der Waals surface area (Å²) in [5, 5.41) is 13.4. The van der Waals surface area contributed by atoms with E-state index in [9.17, 15) is 19.5 Å². The van der Waals surface area contributed by atoms with Gasteiger partial charge in [0, 0.05) is 14.1 Å². The van der Waals surface area contributed by atoms with Gasteiger partial charge in [-0.2, -0.15) is 0 Å². The molecule has 0 aliphatic rings. The number of para-hydroxylation sites is 2. The number of hydrogen-bond donors (Lipinski definition) is 2. The highest BCUT2D eigenvalue weighted by Crippen LogP contribution is 2.26. The number of rotatable bonds is 7. The van der Waals surface area contributed by atoms with Crippen LogP contribution in [0.3, 0.4) is 0 Å². The van der Waals surface area contributed by atoms with Crippen LogP contribution in [0.4, 0.5) is 11.4 Å². The Morgan fingerprint density at radius 2 is 1.71 bits per heavy atom. The third kappa shape index (κ3) is 5.31. The normalized spacial score (nSPS) is 11.2. The van der Waals surface area contributed by atoms with Crippen LogP contribution in [0.5, 0.6) is 17.4 Å². The molecule has 3 aromatic rings. The predicted octanol–water partition coefficient (Wildman–Crippen LogP) is 2.26. The Balaban J connectivity index is 1.98. The average Bonchev–Trinajstić information content (AvgIpc) is 2.85. The molecule has 0 saturated carbocycles. The summed E-state index contributed by atoms with van der Waals surface area (Å²) in [6, 6.07) is 13.7. The van der Waals surface area contributed by atoms with Gasteiger partial charge >= 0.3 is 5.69 Å². The number of aromatic nitrogens is 2. The van der Waals surface area contributed by atoms with Crippen LogP contribution in [0.2, 0.25) is 0 Å². The van der Waals surface area contributed by atoms with Crippen molar-refractivity contribution in [2.24, 2.45) is 19.1 Å². The highest BCUT2D eigenvalue weighted by atomic mass is 32.2. The molecule has 0 bridgehead atoms. The van der Waals surface area contributed by atoms with Gasteiger partial charge in [0.15, 0.2) is 0 Å². The van der Waals surface area contributed by atoms with Gasteiger partial charge in [-0.1, -0.05) is 23.9 Å². The quantitative estimate of drug-likeness (QED) is 0.389. The molecule has 0 unspecified atom stereocenters. The van der Waals surface area contributed by atoms with Crippen molar-refractivity contribution in [2.45, 2.75) is 0 Å². The van der Waals surface area contributed by atoms with Crippen LogP contribution in [0.25, 0.3) is 0 Å². The Morgan fingerprint density at radius 3 is 2.35 bits per heavy atom. The Bertz CT molecular complexity index is 1350. The van der Waals surface area contributed by atoms with Crippen molar-refractivity contribution in [3.8, 4) is 17.4 Å². The number of aromatic hydroxyl groups is 1. The molecule has 0 atom stereocenters. The number of carbonyl (C=O) groups is 1. The van der Waals surface area contributed by atoms with Gasteiger partial charge in [-0.15, -0.1) is 0 Å². The highest BCUT2D eigenvalue weighted by molar-refractivity contribution is 8.15. The van der Waals surface area contributed by atoms with E-state index in [0.717, 1.165) is 20.9 Å². The molecule has 11 heteroatoms. The van der Waals surface area contributed by atoms with Crippen molar-refractivity contribution >= 4 is 34.1 Å². The molecule has 3 rings (SSSR count). The minimum atomic E-state index is -0.731. The number of nitrogens with zero attached hydrogens (tertiary/aromatic N) is 3. The number of amides is 1. The summed E-state index contributed by atoms with van der Waals surface area (Å²) in [7, 11) is 5.67. The number of carbonyl (C=O) groups excluding carboxylic acids is 1. The third-order valence-corrected chi connectivity index (χ3v) is 5.85. The summed E-state index contributed by atoms with van der Waals surface area (Å²) < 4.78 is 12.2. The van der Waals surface area contributed by atoms with Gasteiger partial charge in [-0.3, -0.25) is 18.7 Å². The number of aliphatic imine (C=N–C) groups is 1. The number of anilines is 1. The number of hydrogen-bond acceptors (Lipinski definition) is 8. The maximum atomic E-state index is 12.9. The van der Waals surface area contributed by atoms with E-state index in [0.29, 0.717) is 22.9 Å². The maximum absolute atomic E-state index is 12.9. The SMILES string of the molecule is COc1ccc(N=C(SCC(=O)Nc2ccccc2OC)c2c(O)n(C)c(=O)n(C)c2=O)cc1. The van der Waals surface area contributed by atoms with Crippen LogP contribution in [-0.4, -0.2) is 45.2 Å². The number of thioether (sulfide) groups is 1. The van der Waals surface area contributed by atoms with E-state index in [4.69, 9.17) is 9.47 Å². The Labute approximate surface area is 199 Å². The minimum Gasteiger partial charge on any atom is -0.497 e. The molecule has 0 spiro atoms. The zero-order valence-electron chi connectivity index (χ0n) is 19.1. The predicted molar refractivity (Wildman–Crippen MR) is 132 cm³/mol. The van der Waals surface area contributed by atoms with Crippen molar-refractivity contribution in [3.05, 3.63) is 74.9 Å². The molecule has 2 aromatic carbocycles. The van der Waals surface area contributed by atoms with E-state index in [1.54, 1.807) is 48.5 Å². The lowest BCUT2D eigenvalue weighted by Gasteiger charge is -2.13. The smallest absolute Gasteiger partial charge is 0.333 e. The minimum absolute atomic E-state index is 0.0778. The van der Waals surface area contributed by atoms with Crippen molar-refractivity contribution in [2.75, 3.05) is 25.3 Å². The summed E-state index contributed by atoms with van der Waals surface area (Å²) in [4.78, 5) is 42.2. The number of benzene rings is 2. The van der Waals surface area contributed by atoms with Crippen LogP contribution in [0, 0.1) is 0 Å². The standard InChI is InChI=1S/C23H24N4O6S/c1-26-21(29)19(22(30)27(2)23(26)31)20(24-14-9-11-15(32-3)12-10-14)34-13-18(28)25-16-7-5-6-8-17(16)33-4/h5-12,29H,13H2,1-4H3,(H,25,28). The monoisotopic (exact) mass is 484 g/mol. The molecule has 0 aliphatic heterocycles. The molecule has 10 nitrogen and oxygen atoms in total. The topological polar surface area (TPSA) is 124 Å². The van der Waals surface area contributed by atoms with Crippen molar-refractivity contribution in [1.29, 1.82) is 0 Å². The van der Waals surface area contributed by atoms with E-state index in [1.165, 1.54) is 28.3 Å². The van der Waals surface area contributed by atoms with Crippen molar-refractivity contribution in [1.82, 2.24) is 9.13 Å². The molecule has 1 aromatic heterocycles. The fraction of sp³-hybridized carbons (Fsp3) is 0.217. The lowest BCUT2D eigenvalue weighted by Crippen LogP contribution is -2.39. The Hall–Kier alpha value is -3.99. The fourth-order valence-electron chi connectivity index (χ4n) is 3.02. The van der Waals surface area contributed by atoms with Crippen LogP contribution >= 0.6 is 11.8 Å². The summed E-state index contributed by atoms with van der Waals surface area (Å²) in [6.07, 6.45) is 0. The first-order valence-corrected chi connectivity index (χ1v) is 11.0. The maximum Gasteiger partial charge on any atom is 0.333 e. The van der Waals surface area contributed by atoms with E-state index < -0.39 is 17.1 Å². The van der Waals surface area contributed by atoms with Crippen LogP contribution in [-0.2, 0) is 18.9 Å². The van der Waals surface area contributed by atoms with Gasteiger partial charge in [0.2, 0.25) is 11.8 Å². The van der Waals surface area contributed by atoms with Crippen molar-refractivity contribution in [3.63, 3.8) is 0 Å².